The maximum atomic E-state index is 13.2. The number of halogens is 2. The summed E-state index contributed by atoms with van der Waals surface area (Å²) in [5.74, 6) is 0.537. The van der Waals surface area contributed by atoms with E-state index in [1.54, 1.807) is 18.4 Å². The van der Waals surface area contributed by atoms with Crippen LogP contribution in [0.25, 0.3) is 0 Å². The Balaban J connectivity index is 1.60. The van der Waals surface area contributed by atoms with Gasteiger partial charge in [-0.25, -0.2) is 8.78 Å². The van der Waals surface area contributed by atoms with Gasteiger partial charge in [-0.3, -0.25) is 0 Å². The molecule has 0 aliphatic carbocycles. The first-order valence-corrected chi connectivity index (χ1v) is 8.07. The molecule has 1 heterocycles. The van der Waals surface area contributed by atoms with Gasteiger partial charge in [0.25, 0.3) is 0 Å². The zero-order valence-electron chi connectivity index (χ0n) is 13.3. The van der Waals surface area contributed by atoms with Crippen molar-refractivity contribution in [2.75, 3.05) is 6.54 Å². The van der Waals surface area contributed by atoms with Gasteiger partial charge in [-0.05, 0) is 42.0 Å². The molecule has 1 atom stereocenters. The average Bonchev–Trinajstić information content (AvgIpc) is 3.12. The molecule has 2 aromatic carbocycles. The summed E-state index contributed by atoms with van der Waals surface area (Å²) in [4.78, 5) is 0. The van der Waals surface area contributed by atoms with Gasteiger partial charge in [0.15, 0.2) is 0 Å². The molecule has 0 aliphatic rings. The van der Waals surface area contributed by atoms with Crippen LogP contribution in [0.3, 0.4) is 0 Å². The van der Waals surface area contributed by atoms with E-state index in [1.165, 1.54) is 24.3 Å². The molecule has 1 aromatic heterocycles. The molecule has 2 nitrogen and oxygen atoms in total. The van der Waals surface area contributed by atoms with Crippen LogP contribution in [0.2, 0.25) is 0 Å². The van der Waals surface area contributed by atoms with Gasteiger partial charge in [0.1, 0.15) is 23.9 Å². The third kappa shape index (κ3) is 4.30. The summed E-state index contributed by atoms with van der Waals surface area (Å²) in [5, 5.41) is 2.19. The van der Waals surface area contributed by atoms with Gasteiger partial charge in [-0.15, -0.1) is 0 Å². The molecular weight excluding hydrogens is 308 g/mol. The number of rotatable bonds is 7. The standard InChI is InChI=1S/C20H19F2NO/c21-17-7-3-15(4-8-17)14-23-12-11-19(20-2-1-13-24-20)16-5-9-18(22)10-6-16/h1-10,13,19,23H,11-12,14H2/p+1/t19-/m0/s1. The molecule has 0 fully saturated rings. The maximum Gasteiger partial charge on any atom is 0.123 e. The highest BCUT2D eigenvalue weighted by Gasteiger charge is 2.17. The van der Waals surface area contributed by atoms with E-state index < -0.39 is 0 Å². The average molecular weight is 328 g/mol. The lowest BCUT2D eigenvalue weighted by molar-refractivity contribution is -0.671. The van der Waals surface area contributed by atoms with Crippen molar-refractivity contribution in [3.05, 3.63) is 95.4 Å². The lowest BCUT2D eigenvalue weighted by Crippen LogP contribution is -2.82. The topological polar surface area (TPSA) is 29.8 Å². The lowest BCUT2D eigenvalue weighted by atomic mass is 9.93. The van der Waals surface area contributed by atoms with E-state index in [1.807, 2.05) is 24.3 Å². The first-order valence-electron chi connectivity index (χ1n) is 8.07. The summed E-state index contributed by atoms with van der Waals surface area (Å²) in [6.45, 7) is 1.69. The van der Waals surface area contributed by atoms with Crippen LogP contribution in [0.15, 0.2) is 71.3 Å². The van der Waals surface area contributed by atoms with Gasteiger partial charge < -0.3 is 9.73 Å². The smallest absolute Gasteiger partial charge is 0.123 e. The molecule has 0 bridgehead atoms. The first kappa shape index (κ1) is 16.4. The minimum Gasteiger partial charge on any atom is -0.469 e. The summed E-state index contributed by atoms with van der Waals surface area (Å²) < 4.78 is 31.6. The maximum absolute atomic E-state index is 13.2. The van der Waals surface area contributed by atoms with E-state index in [4.69, 9.17) is 4.42 Å². The molecule has 3 rings (SSSR count). The summed E-state index contributed by atoms with van der Waals surface area (Å²) in [6.07, 6.45) is 2.54. The van der Waals surface area contributed by atoms with Crippen LogP contribution >= 0.6 is 0 Å². The van der Waals surface area contributed by atoms with E-state index >= 15 is 0 Å². The Kier molecular flexibility index (Phi) is 5.39. The molecule has 124 valence electrons. The first-order chi connectivity index (χ1) is 11.7. The van der Waals surface area contributed by atoms with Crippen molar-refractivity contribution in [3.8, 4) is 0 Å². The minimum atomic E-state index is -0.236. The van der Waals surface area contributed by atoms with E-state index in [0.29, 0.717) is 0 Å². The molecule has 24 heavy (non-hydrogen) atoms. The SMILES string of the molecule is Fc1ccc(C[NH2+]CC[C@@H](c2ccc(F)cc2)c2ccco2)cc1. The van der Waals surface area contributed by atoms with Gasteiger partial charge in [-0.1, -0.05) is 24.3 Å². The van der Waals surface area contributed by atoms with Crippen molar-refractivity contribution in [2.24, 2.45) is 0 Å². The summed E-state index contributed by atoms with van der Waals surface area (Å²) in [5.41, 5.74) is 2.13. The van der Waals surface area contributed by atoms with Crippen molar-refractivity contribution in [1.82, 2.24) is 0 Å². The van der Waals surface area contributed by atoms with Crippen LogP contribution in [0, 0.1) is 11.6 Å². The third-order valence-electron chi connectivity index (χ3n) is 4.11. The highest BCUT2D eigenvalue weighted by molar-refractivity contribution is 5.27. The highest BCUT2D eigenvalue weighted by atomic mass is 19.1. The molecule has 0 spiro atoms. The predicted molar refractivity (Wildman–Crippen MR) is 88.5 cm³/mol. The van der Waals surface area contributed by atoms with Crippen LogP contribution in [0.1, 0.15) is 29.2 Å². The largest absolute Gasteiger partial charge is 0.469 e. The number of hydrogen-bond acceptors (Lipinski definition) is 1. The number of quaternary nitrogens is 1. The molecule has 0 saturated heterocycles. The third-order valence-corrected chi connectivity index (χ3v) is 4.11. The van der Waals surface area contributed by atoms with Crippen LogP contribution in [0.4, 0.5) is 8.78 Å². The second-order valence-corrected chi connectivity index (χ2v) is 5.82. The monoisotopic (exact) mass is 328 g/mol. The van der Waals surface area contributed by atoms with Crippen molar-refractivity contribution in [2.45, 2.75) is 18.9 Å². The Morgan fingerprint density at radius 1 is 0.875 bits per heavy atom. The molecule has 0 saturated carbocycles. The van der Waals surface area contributed by atoms with Crippen LogP contribution in [0.5, 0.6) is 0 Å². The van der Waals surface area contributed by atoms with Crippen molar-refractivity contribution in [1.29, 1.82) is 0 Å². The zero-order valence-corrected chi connectivity index (χ0v) is 13.3. The Hall–Kier alpha value is -2.46. The van der Waals surface area contributed by atoms with E-state index in [-0.39, 0.29) is 17.6 Å². The lowest BCUT2D eigenvalue weighted by Gasteiger charge is -2.14. The highest BCUT2D eigenvalue weighted by Crippen LogP contribution is 2.27. The Morgan fingerprint density at radius 2 is 1.54 bits per heavy atom. The minimum absolute atomic E-state index is 0.102. The molecule has 0 unspecified atom stereocenters. The number of furan rings is 1. The summed E-state index contributed by atoms with van der Waals surface area (Å²) in [6, 6.07) is 17.0. The van der Waals surface area contributed by atoms with Crippen LogP contribution in [-0.4, -0.2) is 6.54 Å². The molecule has 0 radical (unpaired) electrons. The molecule has 3 aromatic rings. The van der Waals surface area contributed by atoms with Gasteiger partial charge >= 0.3 is 0 Å². The van der Waals surface area contributed by atoms with Crippen LogP contribution in [-0.2, 0) is 6.54 Å². The Labute approximate surface area is 140 Å². The zero-order chi connectivity index (χ0) is 16.8. The van der Waals surface area contributed by atoms with E-state index in [9.17, 15) is 8.78 Å². The molecule has 0 amide bonds. The molecule has 4 heteroatoms. The molecular formula is C20H20F2NO+. The summed E-state index contributed by atoms with van der Waals surface area (Å²) >= 11 is 0. The molecule has 0 aliphatic heterocycles. The number of hydrogen-bond donors (Lipinski definition) is 1. The van der Waals surface area contributed by atoms with E-state index in [0.717, 1.165) is 36.4 Å². The Morgan fingerprint density at radius 3 is 2.17 bits per heavy atom. The quantitative estimate of drug-likeness (QED) is 0.656. The second kappa shape index (κ2) is 7.88. The normalized spacial score (nSPS) is 12.2. The van der Waals surface area contributed by atoms with Gasteiger partial charge in [0.2, 0.25) is 0 Å². The number of nitrogens with two attached hydrogens (primary N) is 1. The molecule has 2 N–H and O–H groups in total. The summed E-state index contributed by atoms with van der Waals surface area (Å²) in [7, 11) is 0. The van der Waals surface area contributed by atoms with E-state index in [2.05, 4.69) is 5.32 Å². The van der Waals surface area contributed by atoms with Gasteiger partial charge in [0.05, 0.1) is 12.8 Å². The van der Waals surface area contributed by atoms with Gasteiger partial charge in [-0.2, -0.15) is 0 Å². The second-order valence-electron chi connectivity index (χ2n) is 5.82. The van der Waals surface area contributed by atoms with Crippen molar-refractivity contribution >= 4 is 0 Å². The fourth-order valence-electron chi connectivity index (χ4n) is 2.83. The predicted octanol–water partition coefficient (Wildman–Crippen LogP) is 3.84. The van der Waals surface area contributed by atoms with Crippen molar-refractivity contribution < 1.29 is 18.5 Å². The number of benzene rings is 2. The van der Waals surface area contributed by atoms with Crippen LogP contribution < -0.4 is 5.32 Å². The fraction of sp³-hybridized carbons (Fsp3) is 0.200. The van der Waals surface area contributed by atoms with Gasteiger partial charge in [0, 0.05) is 17.9 Å². The van der Waals surface area contributed by atoms with Crippen molar-refractivity contribution in [3.63, 3.8) is 0 Å². The Bertz CT molecular complexity index is 736. The fourth-order valence-corrected chi connectivity index (χ4v) is 2.83.